The van der Waals surface area contributed by atoms with Gasteiger partial charge in [-0.15, -0.1) is 0 Å². The van der Waals surface area contributed by atoms with Gasteiger partial charge in [0.05, 0.1) is 28.2 Å². The van der Waals surface area contributed by atoms with Gasteiger partial charge in [-0.3, -0.25) is 0 Å². The van der Waals surface area contributed by atoms with E-state index in [1.165, 1.54) is 0 Å². The first kappa shape index (κ1) is 23.5. The first-order valence-corrected chi connectivity index (χ1v) is 6.35. The fourth-order valence-corrected chi connectivity index (χ4v) is 0.960. The minimum atomic E-state index is -7.43. The summed E-state index contributed by atoms with van der Waals surface area (Å²) in [5.41, 5.74) is 0. The third kappa shape index (κ3) is 5.15. The van der Waals surface area contributed by atoms with Gasteiger partial charge >= 0.3 is 23.3 Å². The van der Waals surface area contributed by atoms with Crippen molar-refractivity contribution in [1.29, 1.82) is 0 Å². The number of nitrogens with zero attached hydrogens (tertiary/aromatic N) is 1. The van der Waals surface area contributed by atoms with Crippen LogP contribution in [0.15, 0.2) is 0 Å². The Morgan fingerprint density at radius 1 is 0.727 bits per heavy atom. The van der Waals surface area contributed by atoms with E-state index in [-0.39, 0.29) is 0 Å². The van der Waals surface area contributed by atoms with Gasteiger partial charge in [-0.2, -0.15) is 39.5 Å². The second kappa shape index (κ2) is 6.03. The normalized spacial score (nSPS) is 15.2. The lowest BCUT2D eigenvalue weighted by Crippen LogP contribution is -2.63. The summed E-state index contributed by atoms with van der Waals surface area (Å²) in [6.07, 6.45) is -7.16. The molecule has 0 atom stereocenters. The Labute approximate surface area is 119 Å². The molecular weight excluding hydrogens is 361 g/mol. The summed E-state index contributed by atoms with van der Waals surface area (Å²) in [6.45, 7) is 0. The van der Waals surface area contributed by atoms with Gasteiger partial charge in [0.15, 0.2) is 10.1 Å². The molecular formula is C8H12F9NO3S. The van der Waals surface area contributed by atoms with Gasteiger partial charge in [0.2, 0.25) is 0 Å². The largest absolute Gasteiger partial charge is 0.743 e. The monoisotopic (exact) mass is 373 g/mol. The third-order valence-corrected chi connectivity index (χ3v) is 2.31. The average molecular weight is 373 g/mol. The molecule has 0 saturated heterocycles. The number of quaternary nitrogens is 1. The van der Waals surface area contributed by atoms with E-state index in [0.717, 1.165) is 4.48 Å². The fraction of sp³-hybridized carbons (Fsp3) is 1.00. The maximum absolute atomic E-state index is 12.2. The molecule has 0 aliphatic rings. The zero-order valence-electron chi connectivity index (χ0n) is 11.5. The summed E-state index contributed by atoms with van der Waals surface area (Å²) in [7, 11) is 1.08. The minimum Gasteiger partial charge on any atom is -0.743 e. The van der Waals surface area contributed by atoms with Crippen LogP contribution in [0.1, 0.15) is 0 Å². The summed E-state index contributed by atoms with van der Waals surface area (Å²) < 4.78 is 136. The van der Waals surface area contributed by atoms with Crippen LogP contribution in [0.4, 0.5) is 39.5 Å². The van der Waals surface area contributed by atoms with Crippen LogP contribution in [0, 0.1) is 0 Å². The zero-order valence-corrected chi connectivity index (χ0v) is 12.3. The van der Waals surface area contributed by atoms with Crippen molar-refractivity contribution < 1.29 is 57.0 Å². The second-order valence-electron chi connectivity index (χ2n) is 5.30. The summed E-state index contributed by atoms with van der Waals surface area (Å²) >= 11 is 0. The number of halogens is 9. The molecule has 0 fully saturated rings. The Bertz CT molecular complexity index is 472. The predicted molar refractivity (Wildman–Crippen MR) is 54.5 cm³/mol. The number of alkyl halides is 9. The predicted octanol–water partition coefficient (Wildman–Crippen LogP) is 2.28. The van der Waals surface area contributed by atoms with Gasteiger partial charge in [-0.25, -0.2) is 8.42 Å². The van der Waals surface area contributed by atoms with Crippen molar-refractivity contribution in [3.8, 4) is 0 Å². The lowest BCUT2D eigenvalue weighted by molar-refractivity contribution is -0.849. The average Bonchev–Trinajstić information content (AvgIpc) is 2.10. The molecule has 0 aromatic rings. The van der Waals surface area contributed by atoms with Crippen LogP contribution < -0.4 is 0 Å². The van der Waals surface area contributed by atoms with E-state index in [9.17, 15) is 52.5 Å². The maximum atomic E-state index is 12.2. The van der Waals surface area contributed by atoms with Crippen LogP contribution in [0.25, 0.3) is 0 Å². The van der Waals surface area contributed by atoms with Crippen molar-refractivity contribution in [2.75, 3.05) is 28.2 Å². The van der Waals surface area contributed by atoms with E-state index >= 15 is 0 Å². The molecule has 4 nitrogen and oxygen atoms in total. The zero-order chi connectivity index (χ0) is 19.0. The molecule has 0 aliphatic heterocycles. The molecule has 14 heteroatoms. The lowest BCUT2D eigenvalue weighted by Gasteiger charge is -2.34. The molecule has 0 rings (SSSR count). The van der Waals surface area contributed by atoms with E-state index in [2.05, 4.69) is 28.2 Å². The number of hydrogen-bond donors (Lipinski definition) is 0. The standard InChI is InChI=1S/C4HF9O3S.C4H12N/c5-1(6,3(9,10)11)2(7,8)4(12,13)17(14,15)16;1-5(2,3)4/h(H,14,15,16);1-4H3/q;+1/p-1. The Morgan fingerprint density at radius 2 is 0.955 bits per heavy atom. The van der Waals surface area contributed by atoms with Crippen molar-refractivity contribution >= 4 is 10.1 Å². The molecule has 0 unspecified atom stereocenters. The Morgan fingerprint density at radius 3 is 1.09 bits per heavy atom. The Balaban J connectivity index is 0. The van der Waals surface area contributed by atoms with Crippen LogP contribution >= 0.6 is 0 Å². The van der Waals surface area contributed by atoms with Gasteiger partial charge in [-0.05, 0) is 0 Å². The van der Waals surface area contributed by atoms with E-state index in [1.54, 1.807) is 0 Å². The quantitative estimate of drug-likeness (QED) is 0.433. The lowest BCUT2D eigenvalue weighted by atomic mass is 10.1. The first-order valence-electron chi connectivity index (χ1n) is 4.94. The maximum Gasteiger partial charge on any atom is 0.460 e. The number of rotatable bonds is 3. The molecule has 0 amide bonds. The highest BCUT2D eigenvalue weighted by Crippen LogP contribution is 2.54. The molecule has 0 aliphatic carbocycles. The molecule has 22 heavy (non-hydrogen) atoms. The van der Waals surface area contributed by atoms with Gasteiger partial charge in [0.1, 0.15) is 0 Å². The molecule has 0 aromatic carbocycles. The van der Waals surface area contributed by atoms with E-state index < -0.39 is 33.4 Å². The van der Waals surface area contributed by atoms with Gasteiger partial charge < -0.3 is 9.04 Å². The summed E-state index contributed by atoms with van der Waals surface area (Å²) in [6, 6.07) is 0. The summed E-state index contributed by atoms with van der Waals surface area (Å²) in [4.78, 5) is 0. The smallest absolute Gasteiger partial charge is 0.460 e. The molecule has 0 saturated carbocycles. The van der Waals surface area contributed by atoms with Crippen molar-refractivity contribution in [3.63, 3.8) is 0 Å². The van der Waals surface area contributed by atoms with Crippen LogP contribution in [-0.2, 0) is 10.1 Å². The molecule has 0 aromatic heterocycles. The molecule has 0 bridgehead atoms. The Hall–Kier alpha value is -0.760. The van der Waals surface area contributed by atoms with Crippen molar-refractivity contribution in [3.05, 3.63) is 0 Å². The van der Waals surface area contributed by atoms with Crippen LogP contribution in [0.3, 0.4) is 0 Å². The topological polar surface area (TPSA) is 57.2 Å². The van der Waals surface area contributed by atoms with Crippen LogP contribution in [-0.4, -0.2) is 68.9 Å². The molecule has 0 spiro atoms. The van der Waals surface area contributed by atoms with Gasteiger partial charge in [-0.1, -0.05) is 0 Å². The molecule has 0 N–H and O–H groups in total. The SMILES string of the molecule is C[N+](C)(C)C.O=S(=O)([O-])C(F)(F)C(F)(F)C(F)(F)C(F)(F)F. The second-order valence-corrected chi connectivity index (χ2v) is 6.72. The van der Waals surface area contributed by atoms with Crippen LogP contribution in [0.2, 0.25) is 0 Å². The molecule has 0 heterocycles. The van der Waals surface area contributed by atoms with E-state index in [0.29, 0.717) is 0 Å². The van der Waals surface area contributed by atoms with Gasteiger partial charge in [0, 0.05) is 0 Å². The number of hydrogen-bond acceptors (Lipinski definition) is 3. The van der Waals surface area contributed by atoms with Crippen LogP contribution in [0.5, 0.6) is 0 Å². The van der Waals surface area contributed by atoms with Gasteiger partial charge in [0.25, 0.3) is 0 Å². The van der Waals surface area contributed by atoms with E-state index in [1.807, 2.05) is 0 Å². The highest BCUT2D eigenvalue weighted by atomic mass is 32.2. The minimum absolute atomic E-state index is 1.00. The Kier molecular flexibility index (Phi) is 6.45. The first-order chi connectivity index (χ1) is 9.00. The van der Waals surface area contributed by atoms with Crippen molar-refractivity contribution in [1.82, 2.24) is 0 Å². The summed E-state index contributed by atoms with van der Waals surface area (Å²) in [5, 5.41) is -7.11. The van der Waals surface area contributed by atoms with Crippen molar-refractivity contribution in [2.45, 2.75) is 23.3 Å². The third-order valence-electron chi connectivity index (χ3n) is 1.43. The molecule has 136 valence electrons. The van der Waals surface area contributed by atoms with Crippen molar-refractivity contribution in [2.24, 2.45) is 0 Å². The fourth-order valence-electron chi connectivity index (χ4n) is 0.518. The molecule has 0 radical (unpaired) electrons. The summed E-state index contributed by atoms with van der Waals surface area (Å²) in [5.74, 6) is -14.8. The highest BCUT2D eigenvalue weighted by molar-refractivity contribution is 7.86. The van der Waals surface area contributed by atoms with E-state index in [4.69, 9.17) is 0 Å². The highest BCUT2D eigenvalue weighted by Gasteiger charge is 2.83.